The number of aromatic nitrogens is 2. The van der Waals surface area contributed by atoms with Gasteiger partial charge in [0.15, 0.2) is 10.8 Å². The molecule has 0 aliphatic carbocycles. The monoisotopic (exact) mass is 314 g/mol. The Balaban J connectivity index is 2.32. The molecule has 0 aromatic carbocycles. The van der Waals surface area contributed by atoms with Gasteiger partial charge in [-0.2, -0.15) is 0 Å². The Kier molecular flexibility index (Phi) is 3.90. The SMILES string of the molecule is Cc1cc(C(C)NS(=O)(=O)c2c(N)ncn2C)c(C)s1. The second kappa shape index (κ2) is 5.19. The van der Waals surface area contributed by atoms with Crippen LogP contribution in [-0.4, -0.2) is 18.0 Å². The number of hydrogen-bond donors (Lipinski definition) is 2. The second-order valence-corrected chi connectivity index (χ2v) is 7.85. The third-order valence-corrected chi connectivity index (χ3v) is 5.69. The number of hydrogen-bond acceptors (Lipinski definition) is 5. The van der Waals surface area contributed by atoms with Gasteiger partial charge in [-0.3, -0.25) is 0 Å². The summed E-state index contributed by atoms with van der Waals surface area (Å²) in [5.41, 5.74) is 6.61. The van der Waals surface area contributed by atoms with E-state index in [1.807, 2.05) is 26.8 Å². The molecule has 6 nitrogen and oxygen atoms in total. The molecule has 0 fully saturated rings. The van der Waals surface area contributed by atoms with E-state index in [1.54, 1.807) is 18.4 Å². The minimum atomic E-state index is -3.70. The molecule has 2 heterocycles. The Morgan fingerprint density at radius 3 is 2.55 bits per heavy atom. The molecule has 0 aliphatic rings. The lowest BCUT2D eigenvalue weighted by Gasteiger charge is -2.14. The Labute approximate surface area is 122 Å². The number of nitrogens with one attached hydrogen (secondary N) is 1. The number of aryl methyl sites for hydroxylation is 3. The predicted octanol–water partition coefficient (Wildman–Crippen LogP) is 1.72. The van der Waals surface area contributed by atoms with Gasteiger partial charge < -0.3 is 10.3 Å². The molecule has 0 radical (unpaired) electrons. The van der Waals surface area contributed by atoms with Gasteiger partial charge in [-0.15, -0.1) is 11.3 Å². The third kappa shape index (κ3) is 2.72. The van der Waals surface area contributed by atoms with Gasteiger partial charge in [0.1, 0.15) is 0 Å². The molecule has 0 spiro atoms. The van der Waals surface area contributed by atoms with Gasteiger partial charge >= 0.3 is 0 Å². The second-order valence-electron chi connectivity index (χ2n) is 4.76. The van der Waals surface area contributed by atoms with Gasteiger partial charge in [-0.05, 0) is 32.4 Å². The zero-order chi connectivity index (χ0) is 15.1. The molecule has 2 rings (SSSR count). The van der Waals surface area contributed by atoms with Gasteiger partial charge in [0.05, 0.1) is 6.33 Å². The van der Waals surface area contributed by atoms with Crippen LogP contribution in [0.25, 0.3) is 0 Å². The summed E-state index contributed by atoms with van der Waals surface area (Å²) in [5.74, 6) is 0.00502. The number of nitrogens with two attached hydrogens (primary N) is 1. The van der Waals surface area contributed by atoms with Crippen LogP contribution in [-0.2, 0) is 17.1 Å². The molecule has 0 saturated heterocycles. The number of nitrogens with zero attached hydrogens (tertiary/aromatic N) is 2. The first-order valence-corrected chi connectivity index (χ1v) is 8.38. The zero-order valence-electron chi connectivity index (χ0n) is 11.8. The van der Waals surface area contributed by atoms with E-state index >= 15 is 0 Å². The minimum absolute atomic E-state index is 0.00502. The molecule has 1 unspecified atom stereocenters. The third-order valence-electron chi connectivity index (χ3n) is 3.04. The Morgan fingerprint density at radius 1 is 1.45 bits per heavy atom. The zero-order valence-corrected chi connectivity index (χ0v) is 13.5. The molecule has 0 saturated carbocycles. The normalized spacial score (nSPS) is 13.6. The van der Waals surface area contributed by atoms with E-state index < -0.39 is 10.0 Å². The van der Waals surface area contributed by atoms with Crippen molar-refractivity contribution < 1.29 is 8.42 Å². The average molecular weight is 314 g/mol. The molecule has 0 bridgehead atoms. The smallest absolute Gasteiger partial charge is 0.260 e. The van der Waals surface area contributed by atoms with Crippen molar-refractivity contribution in [3.8, 4) is 0 Å². The topological polar surface area (TPSA) is 90.0 Å². The first kappa shape index (κ1) is 15.0. The van der Waals surface area contributed by atoms with E-state index in [4.69, 9.17) is 5.73 Å². The molecule has 1 atom stereocenters. The molecule has 0 aliphatic heterocycles. The van der Waals surface area contributed by atoms with Crippen LogP contribution >= 0.6 is 11.3 Å². The van der Waals surface area contributed by atoms with E-state index in [1.165, 1.54) is 10.9 Å². The lowest BCUT2D eigenvalue weighted by atomic mass is 10.1. The maximum Gasteiger partial charge on any atom is 0.260 e. The fourth-order valence-electron chi connectivity index (χ4n) is 2.20. The predicted molar refractivity (Wildman–Crippen MR) is 80.1 cm³/mol. The summed E-state index contributed by atoms with van der Waals surface area (Å²) in [6.45, 7) is 5.80. The van der Waals surface area contributed by atoms with Crippen LogP contribution in [0.2, 0.25) is 0 Å². The number of nitrogen functional groups attached to an aromatic ring is 1. The van der Waals surface area contributed by atoms with E-state index in [0.717, 1.165) is 15.3 Å². The Bertz CT molecular complexity index is 711. The van der Waals surface area contributed by atoms with Crippen LogP contribution in [0.15, 0.2) is 17.4 Å². The van der Waals surface area contributed by atoms with E-state index in [2.05, 4.69) is 9.71 Å². The molecular formula is C12H18N4O2S2. The molecule has 0 amide bonds. The van der Waals surface area contributed by atoms with Crippen molar-refractivity contribution >= 4 is 27.2 Å². The summed E-state index contributed by atoms with van der Waals surface area (Å²) < 4.78 is 28.8. The molecule has 3 N–H and O–H groups in total. The molecule has 110 valence electrons. The van der Waals surface area contributed by atoms with Gasteiger partial charge in [0.25, 0.3) is 10.0 Å². The van der Waals surface area contributed by atoms with Crippen molar-refractivity contribution in [1.29, 1.82) is 0 Å². The standard InChI is InChI=1S/C12H18N4O2S2/c1-7-5-10(9(3)19-7)8(2)15-20(17,18)12-11(13)14-6-16(12)4/h5-6,8,15H,13H2,1-4H3. The van der Waals surface area contributed by atoms with Gasteiger partial charge in [-0.1, -0.05) is 0 Å². The molecule has 2 aromatic heterocycles. The highest BCUT2D eigenvalue weighted by molar-refractivity contribution is 7.89. The lowest BCUT2D eigenvalue weighted by molar-refractivity contribution is 0.558. The largest absolute Gasteiger partial charge is 0.381 e. The summed E-state index contributed by atoms with van der Waals surface area (Å²) >= 11 is 1.65. The van der Waals surface area contributed by atoms with Crippen LogP contribution in [0.4, 0.5) is 5.82 Å². The number of thiophene rings is 1. The number of sulfonamides is 1. The Morgan fingerprint density at radius 2 is 2.10 bits per heavy atom. The average Bonchev–Trinajstić information content (AvgIpc) is 2.81. The first-order chi connectivity index (χ1) is 9.22. The molecule has 2 aromatic rings. The highest BCUT2D eigenvalue weighted by Gasteiger charge is 2.25. The lowest BCUT2D eigenvalue weighted by Crippen LogP contribution is -2.29. The minimum Gasteiger partial charge on any atom is -0.381 e. The maximum absolute atomic E-state index is 12.4. The molecular weight excluding hydrogens is 296 g/mol. The number of anilines is 1. The Hall–Kier alpha value is -1.38. The van der Waals surface area contributed by atoms with E-state index in [-0.39, 0.29) is 16.9 Å². The van der Waals surface area contributed by atoms with Crippen molar-refractivity contribution in [3.63, 3.8) is 0 Å². The van der Waals surface area contributed by atoms with Crippen molar-refractivity contribution in [1.82, 2.24) is 14.3 Å². The van der Waals surface area contributed by atoms with Crippen molar-refractivity contribution in [2.24, 2.45) is 7.05 Å². The van der Waals surface area contributed by atoms with Crippen LogP contribution in [0, 0.1) is 13.8 Å². The summed E-state index contributed by atoms with van der Waals surface area (Å²) in [7, 11) is -2.10. The highest BCUT2D eigenvalue weighted by Crippen LogP contribution is 2.27. The van der Waals surface area contributed by atoms with Gasteiger partial charge in [-0.25, -0.2) is 18.1 Å². The van der Waals surface area contributed by atoms with Crippen LogP contribution in [0.5, 0.6) is 0 Å². The summed E-state index contributed by atoms with van der Waals surface area (Å²) in [6.07, 6.45) is 1.38. The maximum atomic E-state index is 12.4. The van der Waals surface area contributed by atoms with Crippen LogP contribution in [0.3, 0.4) is 0 Å². The quantitative estimate of drug-likeness (QED) is 0.899. The van der Waals surface area contributed by atoms with E-state index in [9.17, 15) is 8.42 Å². The van der Waals surface area contributed by atoms with Crippen molar-refractivity contribution in [2.45, 2.75) is 31.8 Å². The van der Waals surface area contributed by atoms with Gasteiger partial charge in [0, 0.05) is 22.8 Å². The van der Waals surface area contributed by atoms with Crippen LogP contribution in [0.1, 0.15) is 28.3 Å². The first-order valence-electron chi connectivity index (χ1n) is 6.08. The summed E-state index contributed by atoms with van der Waals surface area (Å²) in [5, 5.41) is -0.00560. The number of imidazole rings is 1. The van der Waals surface area contributed by atoms with Gasteiger partial charge in [0.2, 0.25) is 0 Å². The fraction of sp³-hybridized carbons (Fsp3) is 0.417. The summed E-state index contributed by atoms with van der Waals surface area (Å²) in [6, 6.07) is 1.68. The fourth-order valence-corrected chi connectivity index (χ4v) is 4.68. The molecule has 8 heteroatoms. The van der Waals surface area contributed by atoms with Crippen molar-refractivity contribution in [2.75, 3.05) is 5.73 Å². The van der Waals surface area contributed by atoms with Crippen LogP contribution < -0.4 is 10.5 Å². The number of rotatable bonds is 4. The molecule has 20 heavy (non-hydrogen) atoms. The highest BCUT2D eigenvalue weighted by atomic mass is 32.2. The summed E-state index contributed by atoms with van der Waals surface area (Å²) in [4.78, 5) is 6.07. The van der Waals surface area contributed by atoms with E-state index in [0.29, 0.717) is 0 Å². The van der Waals surface area contributed by atoms with Crippen molar-refractivity contribution in [3.05, 3.63) is 27.7 Å².